The van der Waals surface area contributed by atoms with Crippen LogP contribution in [-0.4, -0.2) is 34.9 Å². The number of likely N-dealkylation sites (N-methyl/N-ethyl adjacent to an activating group) is 1. The van der Waals surface area contributed by atoms with Crippen molar-refractivity contribution < 1.29 is 10.2 Å². The molecule has 2 rings (SSSR count). The van der Waals surface area contributed by atoms with Crippen molar-refractivity contribution in [2.75, 3.05) is 13.6 Å². The minimum Gasteiger partial charge on any atom is -0.389 e. The van der Waals surface area contributed by atoms with Gasteiger partial charge in [0.15, 0.2) is 0 Å². The Balaban J connectivity index is 2.32. The van der Waals surface area contributed by atoms with Crippen molar-refractivity contribution in [2.45, 2.75) is 12.2 Å². The minimum absolute atomic E-state index is 0.362. The van der Waals surface area contributed by atoms with Crippen LogP contribution in [0.5, 0.6) is 0 Å². The molecule has 0 aliphatic heterocycles. The highest BCUT2D eigenvalue weighted by Crippen LogP contribution is 2.25. The molecule has 0 aliphatic rings. The number of nitrogens with one attached hydrogen (secondary N) is 2. The Hall–Kier alpha value is -1.36. The van der Waals surface area contributed by atoms with Crippen molar-refractivity contribution >= 4 is 10.9 Å². The summed E-state index contributed by atoms with van der Waals surface area (Å²) >= 11 is 0. The van der Waals surface area contributed by atoms with Crippen LogP contribution in [0, 0.1) is 0 Å². The fourth-order valence-electron chi connectivity index (χ4n) is 1.87. The van der Waals surface area contributed by atoms with Gasteiger partial charge in [0.2, 0.25) is 0 Å². The van der Waals surface area contributed by atoms with E-state index in [9.17, 15) is 10.2 Å². The molecule has 16 heavy (non-hydrogen) atoms. The third-order valence-electron chi connectivity index (χ3n) is 2.72. The number of H-pyrrole nitrogens is 1. The van der Waals surface area contributed by atoms with Gasteiger partial charge in [-0.15, -0.1) is 0 Å². The molecule has 2 aromatic rings. The van der Waals surface area contributed by atoms with E-state index in [4.69, 9.17) is 0 Å². The minimum atomic E-state index is -0.872. The second kappa shape index (κ2) is 4.65. The molecule has 0 aliphatic carbocycles. The van der Waals surface area contributed by atoms with Gasteiger partial charge in [-0.2, -0.15) is 0 Å². The maximum Gasteiger partial charge on any atom is 0.108 e. The summed E-state index contributed by atoms with van der Waals surface area (Å²) in [7, 11) is 1.74. The Kier molecular flexibility index (Phi) is 3.24. The Bertz CT molecular complexity index is 467. The summed E-state index contributed by atoms with van der Waals surface area (Å²) in [5, 5.41) is 23.5. The van der Waals surface area contributed by atoms with Crippen molar-refractivity contribution in [3.63, 3.8) is 0 Å². The van der Waals surface area contributed by atoms with Crippen LogP contribution in [-0.2, 0) is 0 Å². The van der Waals surface area contributed by atoms with Crippen molar-refractivity contribution in [1.29, 1.82) is 0 Å². The van der Waals surface area contributed by atoms with E-state index < -0.39 is 12.2 Å². The standard InChI is InChI=1S/C12H16N2O2/c1-13-7-11(15)12(16)9-6-14-10-5-3-2-4-8(9)10/h2-6,11-16H,7H2,1H3. The third-order valence-corrected chi connectivity index (χ3v) is 2.72. The quantitative estimate of drug-likeness (QED) is 0.615. The fourth-order valence-corrected chi connectivity index (χ4v) is 1.87. The molecule has 0 saturated heterocycles. The van der Waals surface area contributed by atoms with Gasteiger partial charge in [0.05, 0.1) is 6.10 Å². The summed E-state index contributed by atoms with van der Waals surface area (Å²) in [6, 6.07) is 7.71. The lowest BCUT2D eigenvalue weighted by Gasteiger charge is -2.16. The predicted octanol–water partition coefficient (Wildman–Crippen LogP) is 0.782. The summed E-state index contributed by atoms with van der Waals surface area (Å²) in [5.41, 5.74) is 1.70. The molecule has 1 heterocycles. The molecule has 0 spiro atoms. The van der Waals surface area contributed by atoms with Crippen LogP contribution in [0.3, 0.4) is 0 Å². The molecule has 0 bridgehead atoms. The van der Waals surface area contributed by atoms with Crippen LogP contribution in [0.4, 0.5) is 0 Å². The number of fused-ring (bicyclic) bond motifs is 1. The molecular formula is C12H16N2O2. The number of hydrogen-bond donors (Lipinski definition) is 4. The van der Waals surface area contributed by atoms with Crippen LogP contribution in [0.1, 0.15) is 11.7 Å². The summed E-state index contributed by atoms with van der Waals surface area (Å²) in [5.74, 6) is 0. The molecule has 86 valence electrons. The topological polar surface area (TPSA) is 68.3 Å². The van der Waals surface area contributed by atoms with Gasteiger partial charge in [0, 0.05) is 29.2 Å². The van der Waals surface area contributed by atoms with Gasteiger partial charge < -0.3 is 20.5 Å². The van der Waals surface area contributed by atoms with Gasteiger partial charge >= 0.3 is 0 Å². The zero-order valence-electron chi connectivity index (χ0n) is 9.14. The van der Waals surface area contributed by atoms with E-state index in [1.54, 1.807) is 13.2 Å². The van der Waals surface area contributed by atoms with Gasteiger partial charge in [-0.05, 0) is 13.1 Å². The van der Waals surface area contributed by atoms with E-state index in [-0.39, 0.29) is 0 Å². The molecule has 2 atom stereocenters. The summed E-state index contributed by atoms with van der Waals surface area (Å²) in [6.45, 7) is 0.362. The average Bonchev–Trinajstić information content (AvgIpc) is 2.72. The smallest absolute Gasteiger partial charge is 0.108 e. The normalized spacial score (nSPS) is 15.2. The second-order valence-electron chi connectivity index (χ2n) is 3.86. The van der Waals surface area contributed by atoms with Gasteiger partial charge in [0.1, 0.15) is 6.10 Å². The van der Waals surface area contributed by atoms with Crippen LogP contribution >= 0.6 is 0 Å². The van der Waals surface area contributed by atoms with E-state index in [1.807, 2.05) is 24.3 Å². The molecule has 2 unspecified atom stereocenters. The lowest BCUT2D eigenvalue weighted by Crippen LogP contribution is -2.29. The molecule has 0 radical (unpaired) electrons. The van der Waals surface area contributed by atoms with E-state index >= 15 is 0 Å². The first kappa shape index (κ1) is 11.1. The van der Waals surface area contributed by atoms with Crippen molar-refractivity contribution in [1.82, 2.24) is 10.3 Å². The van der Waals surface area contributed by atoms with E-state index in [0.29, 0.717) is 6.54 Å². The van der Waals surface area contributed by atoms with E-state index in [1.165, 1.54) is 0 Å². The Morgan fingerprint density at radius 3 is 2.81 bits per heavy atom. The van der Waals surface area contributed by atoms with Gasteiger partial charge in [0.25, 0.3) is 0 Å². The summed E-state index contributed by atoms with van der Waals surface area (Å²) < 4.78 is 0. The molecule has 4 nitrogen and oxygen atoms in total. The summed E-state index contributed by atoms with van der Waals surface area (Å²) in [4.78, 5) is 3.07. The first-order valence-corrected chi connectivity index (χ1v) is 5.30. The number of aliphatic hydroxyl groups excluding tert-OH is 2. The number of benzene rings is 1. The molecule has 4 heteroatoms. The zero-order chi connectivity index (χ0) is 11.5. The predicted molar refractivity (Wildman–Crippen MR) is 63.2 cm³/mol. The Morgan fingerprint density at radius 1 is 1.31 bits per heavy atom. The average molecular weight is 220 g/mol. The van der Waals surface area contributed by atoms with E-state index in [2.05, 4.69) is 10.3 Å². The first-order chi connectivity index (χ1) is 7.74. The van der Waals surface area contributed by atoms with Crippen molar-refractivity contribution in [3.05, 3.63) is 36.0 Å². The van der Waals surface area contributed by atoms with Crippen molar-refractivity contribution in [3.8, 4) is 0 Å². The largest absolute Gasteiger partial charge is 0.389 e. The van der Waals surface area contributed by atoms with Gasteiger partial charge in [-0.3, -0.25) is 0 Å². The third kappa shape index (κ3) is 1.95. The highest BCUT2D eigenvalue weighted by Gasteiger charge is 2.20. The van der Waals surface area contributed by atoms with Crippen LogP contribution < -0.4 is 5.32 Å². The molecule has 4 N–H and O–H groups in total. The van der Waals surface area contributed by atoms with Crippen molar-refractivity contribution in [2.24, 2.45) is 0 Å². The molecule has 1 aromatic heterocycles. The highest BCUT2D eigenvalue weighted by molar-refractivity contribution is 5.83. The molecule has 0 amide bonds. The van der Waals surface area contributed by atoms with Crippen LogP contribution in [0.15, 0.2) is 30.5 Å². The van der Waals surface area contributed by atoms with E-state index in [0.717, 1.165) is 16.5 Å². The highest BCUT2D eigenvalue weighted by atomic mass is 16.3. The zero-order valence-corrected chi connectivity index (χ0v) is 9.14. The number of aromatic amines is 1. The Labute approximate surface area is 93.9 Å². The first-order valence-electron chi connectivity index (χ1n) is 5.30. The number of rotatable bonds is 4. The number of aromatic nitrogens is 1. The molecular weight excluding hydrogens is 204 g/mol. The van der Waals surface area contributed by atoms with Gasteiger partial charge in [-0.1, -0.05) is 18.2 Å². The number of hydrogen-bond acceptors (Lipinski definition) is 3. The molecule has 0 saturated carbocycles. The number of para-hydroxylation sites is 1. The maximum atomic E-state index is 10.00. The Morgan fingerprint density at radius 2 is 2.06 bits per heavy atom. The molecule has 0 fully saturated rings. The van der Waals surface area contributed by atoms with Gasteiger partial charge in [-0.25, -0.2) is 0 Å². The maximum absolute atomic E-state index is 10.00. The number of aliphatic hydroxyl groups is 2. The van der Waals surface area contributed by atoms with Crippen LogP contribution in [0.2, 0.25) is 0 Å². The summed E-state index contributed by atoms with van der Waals surface area (Å²) in [6.07, 6.45) is 0.0709. The van der Waals surface area contributed by atoms with Crippen LogP contribution in [0.25, 0.3) is 10.9 Å². The second-order valence-corrected chi connectivity index (χ2v) is 3.86. The SMILES string of the molecule is CNCC(O)C(O)c1c[nH]c2ccccc12. The lowest BCUT2D eigenvalue weighted by molar-refractivity contribution is 0.0211. The molecule has 1 aromatic carbocycles. The fraction of sp³-hybridized carbons (Fsp3) is 0.333. The lowest BCUT2D eigenvalue weighted by atomic mass is 10.0. The monoisotopic (exact) mass is 220 g/mol.